The molecule has 0 radical (unpaired) electrons. The van der Waals surface area contributed by atoms with Crippen LogP contribution in [0.1, 0.15) is 239 Å². The van der Waals surface area contributed by atoms with Crippen LogP contribution in [0.15, 0.2) is 85.1 Å². The van der Waals surface area contributed by atoms with Crippen LogP contribution in [0.5, 0.6) is 0 Å². The quantitative estimate of drug-likeness (QED) is 0.0346. The Bertz CT molecular complexity index is 1160. The molecule has 0 aromatic rings. The predicted octanol–water partition coefficient (Wildman–Crippen LogP) is 17.7. The van der Waals surface area contributed by atoms with Crippen molar-refractivity contribution in [2.24, 2.45) is 0 Å². The first-order chi connectivity index (χ1) is 30.6. The Balaban J connectivity index is 4.33. The van der Waals surface area contributed by atoms with E-state index in [1.807, 2.05) is 6.08 Å². The zero-order valence-electron chi connectivity index (χ0n) is 40.9. The molecule has 1 atom stereocenters. The van der Waals surface area contributed by atoms with E-state index in [-0.39, 0.29) is 25.2 Å². The van der Waals surface area contributed by atoms with Crippen LogP contribution in [0.4, 0.5) is 0 Å². The Morgan fingerprint density at radius 1 is 0.371 bits per heavy atom. The zero-order chi connectivity index (χ0) is 44.9. The van der Waals surface area contributed by atoms with Gasteiger partial charge in [0.2, 0.25) is 0 Å². The molecular formula is C57H98O5. The van der Waals surface area contributed by atoms with Crippen LogP contribution in [0.3, 0.4) is 0 Å². The summed E-state index contributed by atoms with van der Waals surface area (Å²) in [6, 6.07) is 0. The number of allylic oxidation sites excluding steroid dienone is 14. The Kier molecular flexibility index (Phi) is 50.0. The number of carbonyl (C=O) groups excluding carboxylic acids is 2. The topological polar surface area (TPSA) is 61.8 Å². The molecule has 0 amide bonds. The number of carbonyl (C=O) groups is 2. The lowest BCUT2D eigenvalue weighted by molar-refractivity contribution is -0.162. The molecule has 0 aromatic heterocycles. The number of ether oxygens (including phenoxy) is 3. The van der Waals surface area contributed by atoms with Crippen molar-refractivity contribution in [2.75, 3.05) is 19.8 Å². The number of hydrogen-bond donors (Lipinski definition) is 0. The number of rotatable bonds is 47. The van der Waals surface area contributed by atoms with Crippen molar-refractivity contribution in [3.63, 3.8) is 0 Å². The lowest BCUT2D eigenvalue weighted by Gasteiger charge is -2.18. The van der Waals surface area contributed by atoms with Gasteiger partial charge in [-0.05, 0) is 77.0 Å². The van der Waals surface area contributed by atoms with E-state index in [1.165, 1.54) is 128 Å². The van der Waals surface area contributed by atoms with Gasteiger partial charge in [-0.1, -0.05) is 234 Å². The van der Waals surface area contributed by atoms with Gasteiger partial charge in [0.1, 0.15) is 6.61 Å². The van der Waals surface area contributed by atoms with Gasteiger partial charge >= 0.3 is 11.9 Å². The van der Waals surface area contributed by atoms with Crippen molar-refractivity contribution in [1.82, 2.24) is 0 Å². The molecular weight excluding hydrogens is 765 g/mol. The molecule has 0 aliphatic heterocycles. The Labute approximate surface area is 384 Å². The third-order valence-corrected chi connectivity index (χ3v) is 10.9. The third kappa shape index (κ3) is 49.7. The average Bonchev–Trinajstić information content (AvgIpc) is 3.27. The summed E-state index contributed by atoms with van der Waals surface area (Å²) in [4.78, 5) is 25.4. The molecule has 356 valence electrons. The largest absolute Gasteiger partial charge is 0.462 e. The smallest absolute Gasteiger partial charge is 0.306 e. The van der Waals surface area contributed by atoms with Crippen molar-refractivity contribution in [3.8, 4) is 0 Å². The van der Waals surface area contributed by atoms with E-state index in [0.717, 1.165) is 70.6 Å². The molecule has 5 heteroatoms. The standard InChI is InChI=1S/C57H98O5/c1-4-7-10-13-16-19-22-25-27-28-29-31-34-37-40-43-46-49-52-60-53-55(62-57(59)51-48-45-42-39-36-32-24-21-18-15-12-9-6-3)54-61-56(58)50-47-44-41-38-35-33-30-26-23-20-17-14-11-8-5-2/h7,9-10,12,16,18-19,21,25,27,32,36,42,45,55H,4-6,8,11,13-15,17,20,22-24,26,28-31,33-35,37-41,43-44,46-54H2,1-3H3/b10-7-,12-9-,19-16-,21-18-,27-25-,36-32-,45-42-. The molecule has 5 nitrogen and oxygen atoms in total. The van der Waals surface area contributed by atoms with Crippen LogP contribution in [-0.2, 0) is 23.8 Å². The number of esters is 2. The Morgan fingerprint density at radius 2 is 0.758 bits per heavy atom. The lowest BCUT2D eigenvalue weighted by atomic mass is 10.0. The minimum Gasteiger partial charge on any atom is -0.462 e. The van der Waals surface area contributed by atoms with Gasteiger partial charge in [-0.15, -0.1) is 0 Å². The summed E-state index contributed by atoms with van der Waals surface area (Å²) in [6.07, 6.45) is 68.9. The molecule has 0 aliphatic rings. The van der Waals surface area contributed by atoms with Crippen molar-refractivity contribution < 1.29 is 23.8 Å². The van der Waals surface area contributed by atoms with E-state index in [1.54, 1.807) is 0 Å². The van der Waals surface area contributed by atoms with Gasteiger partial charge in [0.05, 0.1) is 6.61 Å². The van der Waals surface area contributed by atoms with Crippen LogP contribution in [-0.4, -0.2) is 37.9 Å². The van der Waals surface area contributed by atoms with Crippen LogP contribution >= 0.6 is 0 Å². The van der Waals surface area contributed by atoms with Crippen LogP contribution in [0.25, 0.3) is 0 Å². The van der Waals surface area contributed by atoms with Gasteiger partial charge in [0.25, 0.3) is 0 Å². The fraction of sp³-hybridized carbons (Fsp3) is 0.719. The number of unbranched alkanes of at least 4 members (excludes halogenated alkanes) is 22. The van der Waals surface area contributed by atoms with Gasteiger partial charge in [0.15, 0.2) is 6.10 Å². The molecule has 0 saturated carbocycles. The highest BCUT2D eigenvalue weighted by atomic mass is 16.6. The molecule has 0 N–H and O–H groups in total. The molecule has 0 rings (SSSR count). The van der Waals surface area contributed by atoms with E-state index >= 15 is 0 Å². The van der Waals surface area contributed by atoms with E-state index in [9.17, 15) is 9.59 Å². The maximum absolute atomic E-state index is 12.8. The molecule has 0 fully saturated rings. The minimum atomic E-state index is -0.579. The summed E-state index contributed by atoms with van der Waals surface area (Å²) in [6.45, 7) is 7.52. The van der Waals surface area contributed by atoms with Crippen LogP contribution in [0.2, 0.25) is 0 Å². The molecule has 0 spiro atoms. The zero-order valence-corrected chi connectivity index (χ0v) is 40.9. The van der Waals surface area contributed by atoms with Crippen molar-refractivity contribution in [3.05, 3.63) is 85.1 Å². The maximum atomic E-state index is 12.8. The van der Waals surface area contributed by atoms with Crippen molar-refractivity contribution in [1.29, 1.82) is 0 Å². The lowest BCUT2D eigenvalue weighted by Crippen LogP contribution is -2.30. The molecule has 62 heavy (non-hydrogen) atoms. The molecule has 0 aliphatic carbocycles. The highest BCUT2D eigenvalue weighted by molar-refractivity contribution is 5.70. The Morgan fingerprint density at radius 3 is 1.23 bits per heavy atom. The summed E-state index contributed by atoms with van der Waals surface area (Å²) >= 11 is 0. The highest BCUT2D eigenvalue weighted by Crippen LogP contribution is 2.15. The fourth-order valence-corrected chi connectivity index (χ4v) is 7.13. The van der Waals surface area contributed by atoms with E-state index in [0.29, 0.717) is 25.9 Å². The first-order valence-electron chi connectivity index (χ1n) is 26.1. The van der Waals surface area contributed by atoms with Gasteiger partial charge in [0, 0.05) is 19.4 Å². The molecule has 0 aromatic carbocycles. The maximum Gasteiger partial charge on any atom is 0.306 e. The predicted molar refractivity (Wildman–Crippen MR) is 270 cm³/mol. The molecule has 1 unspecified atom stereocenters. The normalized spacial score (nSPS) is 12.9. The number of hydrogen-bond acceptors (Lipinski definition) is 5. The summed E-state index contributed by atoms with van der Waals surface area (Å²) in [5.74, 6) is -0.491. The van der Waals surface area contributed by atoms with E-state index < -0.39 is 6.10 Å². The molecule has 0 saturated heterocycles. The SMILES string of the molecule is CC/C=C\C/C=C\C/C=C\C/C=C\CCC(=O)OC(COCCCCCCCCCC/C=C\C/C=C\C/C=C\CC)COC(=O)CCCCCCCCCCCCCCCCC. The first kappa shape index (κ1) is 59.1. The van der Waals surface area contributed by atoms with Gasteiger partial charge in [-0.2, -0.15) is 0 Å². The second kappa shape index (κ2) is 52.4. The summed E-state index contributed by atoms with van der Waals surface area (Å²) < 4.78 is 17.3. The monoisotopic (exact) mass is 863 g/mol. The van der Waals surface area contributed by atoms with E-state index in [2.05, 4.69) is 99.8 Å². The average molecular weight is 863 g/mol. The van der Waals surface area contributed by atoms with Gasteiger partial charge < -0.3 is 14.2 Å². The van der Waals surface area contributed by atoms with Gasteiger partial charge in [-0.3, -0.25) is 9.59 Å². The second-order valence-corrected chi connectivity index (χ2v) is 17.0. The summed E-state index contributed by atoms with van der Waals surface area (Å²) in [5, 5.41) is 0. The van der Waals surface area contributed by atoms with Crippen LogP contribution in [0, 0.1) is 0 Å². The first-order valence-corrected chi connectivity index (χ1v) is 26.1. The highest BCUT2D eigenvalue weighted by Gasteiger charge is 2.17. The van der Waals surface area contributed by atoms with Gasteiger partial charge in [-0.25, -0.2) is 0 Å². The van der Waals surface area contributed by atoms with Crippen molar-refractivity contribution in [2.45, 2.75) is 245 Å². The molecule has 0 bridgehead atoms. The second-order valence-electron chi connectivity index (χ2n) is 17.0. The third-order valence-electron chi connectivity index (χ3n) is 10.9. The van der Waals surface area contributed by atoms with Crippen molar-refractivity contribution >= 4 is 11.9 Å². The minimum absolute atomic E-state index is 0.0526. The summed E-state index contributed by atoms with van der Waals surface area (Å²) in [7, 11) is 0. The molecule has 0 heterocycles. The summed E-state index contributed by atoms with van der Waals surface area (Å²) in [5.41, 5.74) is 0. The Hall–Kier alpha value is -2.92. The van der Waals surface area contributed by atoms with E-state index in [4.69, 9.17) is 14.2 Å². The van der Waals surface area contributed by atoms with Crippen LogP contribution < -0.4 is 0 Å². The fourth-order valence-electron chi connectivity index (χ4n) is 7.13.